The standard InChI is InChI=1S/C7H11N5O3/c1-4(13)8-5(7(14)15)3-6-9-11-12(2)10-6/h5H,3H2,1-2H3,(H,8,13)(H,14,15). The van der Waals surface area contributed by atoms with Crippen molar-refractivity contribution in [2.24, 2.45) is 7.05 Å². The molecule has 1 rings (SSSR count). The third kappa shape index (κ3) is 3.33. The Kier molecular flexibility index (Phi) is 3.32. The van der Waals surface area contributed by atoms with E-state index >= 15 is 0 Å². The summed E-state index contributed by atoms with van der Waals surface area (Å²) in [6, 6.07) is -1.02. The fourth-order valence-corrected chi connectivity index (χ4v) is 1.03. The number of aryl methyl sites for hydroxylation is 1. The number of carboxylic acid groups (broad SMARTS) is 1. The van der Waals surface area contributed by atoms with Crippen molar-refractivity contribution in [2.45, 2.75) is 19.4 Å². The van der Waals surface area contributed by atoms with Crippen molar-refractivity contribution in [2.75, 3.05) is 0 Å². The minimum Gasteiger partial charge on any atom is -0.480 e. The SMILES string of the molecule is CC(=O)NC(Cc1nnn(C)n1)C(=O)O. The number of carboxylic acids is 1. The lowest BCUT2D eigenvalue weighted by molar-refractivity contribution is -0.141. The molecule has 0 radical (unpaired) electrons. The van der Waals surface area contributed by atoms with E-state index in [0.717, 1.165) is 0 Å². The van der Waals surface area contributed by atoms with Crippen molar-refractivity contribution < 1.29 is 14.7 Å². The Morgan fingerprint density at radius 1 is 1.60 bits per heavy atom. The summed E-state index contributed by atoms with van der Waals surface area (Å²) in [4.78, 5) is 22.7. The molecule has 0 saturated carbocycles. The zero-order chi connectivity index (χ0) is 11.4. The number of carbonyl (C=O) groups is 2. The monoisotopic (exact) mass is 213 g/mol. The second-order valence-electron chi connectivity index (χ2n) is 2.99. The van der Waals surface area contributed by atoms with E-state index in [1.54, 1.807) is 7.05 Å². The Bertz CT molecular complexity index is 374. The van der Waals surface area contributed by atoms with Crippen LogP contribution in [-0.2, 0) is 23.1 Å². The molecule has 0 bridgehead atoms. The van der Waals surface area contributed by atoms with Gasteiger partial charge in [-0.3, -0.25) is 4.79 Å². The van der Waals surface area contributed by atoms with Gasteiger partial charge in [0.1, 0.15) is 6.04 Å². The molecule has 0 aliphatic heterocycles. The topological polar surface area (TPSA) is 110 Å². The van der Waals surface area contributed by atoms with Gasteiger partial charge in [-0.2, -0.15) is 4.80 Å². The molecule has 1 heterocycles. The van der Waals surface area contributed by atoms with Gasteiger partial charge in [-0.25, -0.2) is 4.79 Å². The number of rotatable bonds is 4. The van der Waals surface area contributed by atoms with Crippen LogP contribution in [0.3, 0.4) is 0 Å². The van der Waals surface area contributed by atoms with Gasteiger partial charge in [0.25, 0.3) is 0 Å². The lowest BCUT2D eigenvalue weighted by Crippen LogP contribution is -2.41. The van der Waals surface area contributed by atoms with Crippen LogP contribution in [0.4, 0.5) is 0 Å². The summed E-state index contributed by atoms with van der Waals surface area (Å²) in [6.07, 6.45) is 0.0166. The summed E-state index contributed by atoms with van der Waals surface area (Å²) in [5, 5.41) is 22.1. The van der Waals surface area contributed by atoms with Crippen LogP contribution >= 0.6 is 0 Å². The lowest BCUT2D eigenvalue weighted by Gasteiger charge is -2.10. The number of hydrogen-bond donors (Lipinski definition) is 2. The molecule has 1 amide bonds. The van der Waals surface area contributed by atoms with Gasteiger partial charge < -0.3 is 10.4 Å². The van der Waals surface area contributed by atoms with Gasteiger partial charge in [0.2, 0.25) is 5.91 Å². The van der Waals surface area contributed by atoms with Crippen LogP contribution in [0.1, 0.15) is 12.7 Å². The molecule has 2 N–H and O–H groups in total. The Balaban J connectivity index is 2.66. The molecular weight excluding hydrogens is 202 g/mol. The number of nitrogens with zero attached hydrogens (tertiary/aromatic N) is 4. The number of aliphatic carboxylic acids is 1. The van der Waals surface area contributed by atoms with Crippen LogP contribution < -0.4 is 5.32 Å². The molecule has 0 saturated heterocycles. The third-order valence-corrected chi connectivity index (χ3v) is 1.61. The first-order valence-corrected chi connectivity index (χ1v) is 4.22. The highest BCUT2D eigenvalue weighted by Crippen LogP contribution is 1.95. The molecule has 82 valence electrons. The zero-order valence-corrected chi connectivity index (χ0v) is 8.34. The number of amides is 1. The highest BCUT2D eigenvalue weighted by Gasteiger charge is 2.20. The van der Waals surface area contributed by atoms with Crippen LogP contribution in [0, 0.1) is 0 Å². The van der Waals surface area contributed by atoms with Gasteiger partial charge in [-0.15, -0.1) is 10.2 Å². The van der Waals surface area contributed by atoms with Gasteiger partial charge in [0, 0.05) is 13.3 Å². The summed E-state index contributed by atoms with van der Waals surface area (Å²) in [5.41, 5.74) is 0. The van der Waals surface area contributed by atoms with Gasteiger partial charge in [0.15, 0.2) is 5.82 Å². The fraction of sp³-hybridized carbons (Fsp3) is 0.571. The van der Waals surface area contributed by atoms with E-state index in [2.05, 4.69) is 20.7 Å². The van der Waals surface area contributed by atoms with Gasteiger partial charge in [-0.05, 0) is 5.21 Å². The average Bonchev–Trinajstić information content (AvgIpc) is 2.49. The van der Waals surface area contributed by atoms with Crippen molar-refractivity contribution in [3.8, 4) is 0 Å². The van der Waals surface area contributed by atoms with Gasteiger partial charge in [0.05, 0.1) is 7.05 Å². The quantitative estimate of drug-likeness (QED) is 0.619. The zero-order valence-electron chi connectivity index (χ0n) is 8.34. The van der Waals surface area contributed by atoms with E-state index < -0.39 is 17.9 Å². The van der Waals surface area contributed by atoms with Crippen molar-refractivity contribution in [3.05, 3.63) is 5.82 Å². The van der Waals surface area contributed by atoms with Crippen LogP contribution in [0.25, 0.3) is 0 Å². The number of tetrazole rings is 1. The fourth-order valence-electron chi connectivity index (χ4n) is 1.03. The largest absolute Gasteiger partial charge is 0.480 e. The van der Waals surface area contributed by atoms with Gasteiger partial charge in [-0.1, -0.05) is 0 Å². The maximum Gasteiger partial charge on any atom is 0.326 e. The molecular formula is C7H11N5O3. The summed E-state index contributed by atoms with van der Waals surface area (Å²) in [5.74, 6) is -1.26. The van der Waals surface area contributed by atoms with Crippen LogP contribution in [0.5, 0.6) is 0 Å². The highest BCUT2D eigenvalue weighted by atomic mass is 16.4. The van der Waals surface area contributed by atoms with Crippen LogP contribution in [0.2, 0.25) is 0 Å². The second-order valence-corrected chi connectivity index (χ2v) is 2.99. The Morgan fingerprint density at radius 3 is 2.67 bits per heavy atom. The molecule has 1 atom stereocenters. The van der Waals surface area contributed by atoms with Crippen molar-refractivity contribution >= 4 is 11.9 Å². The molecule has 1 aromatic heterocycles. The number of nitrogens with one attached hydrogen (secondary N) is 1. The maximum atomic E-state index is 10.7. The van der Waals surface area contributed by atoms with Crippen LogP contribution in [-0.4, -0.2) is 43.2 Å². The molecule has 1 aromatic rings. The predicted octanol–water partition coefficient (Wildman–Crippen LogP) is -1.66. The van der Waals surface area contributed by atoms with Crippen LogP contribution in [0.15, 0.2) is 0 Å². The van der Waals surface area contributed by atoms with E-state index in [4.69, 9.17) is 5.11 Å². The third-order valence-electron chi connectivity index (χ3n) is 1.61. The predicted molar refractivity (Wildman–Crippen MR) is 47.7 cm³/mol. The molecule has 0 fully saturated rings. The van der Waals surface area contributed by atoms with E-state index in [-0.39, 0.29) is 12.2 Å². The van der Waals surface area contributed by atoms with E-state index in [1.165, 1.54) is 11.7 Å². The minimum absolute atomic E-state index is 0.0166. The molecule has 0 aliphatic carbocycles. The molecule has 0 aromatic carbocycles. The Morgan fingerprint density at radius 2 is 2.27 bits per heavy atom. The molecule has 0 spiro atoms. The van der Waals surface area contributed by atoms with E-state index in [0.29, 0.717) is 0 Å². The first-order chi connectivity index (χ1) is 6.99. The molecule has 8 heteroatoms. The maximum absolute atomic E-state index is 10.7. The molecule has 0 aliphatic rings. The summed E-state index contributed by atoms with van der Waals surface area (Å²) < 4.78 is 0. The number of carbonyl (C=O) groups excluding carboxylic acids is 1. The second kappa shape index (κ2) is 4.49. The molecule has 15 heavy (non-hydrogen) atoms. The summed E-state index contributed by atoms with van der Waals surface area (Å²) >= 11 is 0. The highest BCUT2D eigenvalue weighted by molar-refractivity contribution is 5.82. The first-order valence-electron chi connectivity index (χ1n) is 4.22. The minimum atomic E-state index is -1.13. The van der Waals surface area contributed by atoms with E-state index in [1.807, 2.05) is 0 Å². The van der Waals surface area contributed by atoms with Crippen molar-refractivity contribution in [1.82, 2.24) is 25.5 Å². The number of aromatic nitrogens is 4. The first kappa shape index (κ1) is 11.1. The molecule has 8 nitrogen and oxygen atoms in total. The van der Waals surface area contributed by atoms with Crippen molar-refractivity contribution in [3.63, 3.8) is 0 Å². The summed E-state index contributed by atoms with van der Waals surface area (Å²) in [6.45, 7) is 1.25. The van der Waals surface area contributed by atoms with Crippen molar-refractivity contribution in [1.29, 1.82) is 0 Å². The Hall–Kier alpha value is -1.99. The van der Waals surface area contributed by atoms with Gasteiger partial charge >= 0.3 is 5.97 Å². The average molecular weight is 213 g/mol. The Labute approximate surface area is 85.3 Å². The normalized spacial score (nSPS) is 12.1. The number of hydrogen-bond acceptors (Lipinski definition) is 5. The summed E-state index contributed by atoms with van der Waals surface area (Å²) in [7, 11) is 1.57. The van der Waals surface area contributed by atoms with E-state index in [9.17, 15) is 9.59 Å². The smallest absolute Gasteiger partial charge is 0.326 e. The lowest BCUT2D eigenvalue weighted by atomic mass is 10.2. The molecule has 1 unspecified atom stereocenters.